The number of benzene rings is 2. The summed E-state index contributed by atoms with van der Waals surface area (Å²) in [6.45, 7) is -0.484. The molecule has 8 nitrogen and oxygen atoms in total. The minimum atomic E-state index is -0.632. The number of aromatic nitrogens is 3. The smallest absolute Gasteiger partial charge is 0.306 e. The van der Waals surface area contributed by atoms with Crippen molar-refractivity contribution >= 4 is 34.9 Å². The van der Waals surface area contributed by atoms with Crippen LogP contribution in [0.1, 0.15) is 23.2 Å². The van der Waals surface area contributed by atoms with E-state index < -0.39 is 18.5 Å². The van der Waals surface area contributed by atoms with Crippen LogP contribution in [0.3, 0.4) is 0 Å². The summed E-state index contributed by atoms with van der Waals surface area (Å²) in [7, 11) is 0. The van der Waals surface area contributed by atoms with Gasteiger partial charge in [-0.1, -0.05) is 41.9 Å². The zero-order valence-electron chi connectivity index (χ0n) is 15.2. The standard InChI is InChI=1S/C20H17ClN4O4/c21-15-6-7-17(25-13-22-12-23-25)16(10-15)24-19(27)11-29-20(28)9-8-18(26)14-4-2-1-3-5-14/h1-7,10,12-13H,8-9,11H2,(H,24,27). The van der Waals surface area contributed by atoms with Gasteiger partial charge in [0.25, 0.3) is 5.91 Å². The molecule has 1 amide bonds. The minimum absolute atomic E-state index is 0.00913. The molecule has 1 aromatic heterocycles. The van der Waals surface area contributed by atoms with Gasteiger partial charge in [-0.05, 0) is 18.2 Å². The van der Waals surface area contributed by atoms with Gasteiger partial charge in [0, 0.05) is 17.0 Å². The van der Waals surface area contributed by atoms with Gasteiger partial charge >= 0.3 is 5.97 Å². The Balaban J connectivity index is 1.51. The first-order chi connectivity index (χ1) is 14.0. The van der Waals surface area contributed by atoms with E-state index in [0.29, 0.717) is 22.0 Å². The van der Waals surface area contributed by atoms with E-state index in [1.165, 1.54) is 17.3 Å². The molecule has 0 fully saturated rings. The second-order valence-electron chi connectivity index (χ2n) is 6.00. The number of nitrogens with zero attached hydrogens (tertiary/aromatic N) is 3. The lowest BCUT2D eigenvalue weighted by molar-refractivity contribution is -0.147. The Bertz CT molecular complexity index is 1010. The first-order valence-corrected chi connectivity index (χ1v) is 9.09. The fourth-order valence-corrected chi connectivity index (χ4v) is 2.70. The van der Waals surface area contributed by atoms with Crippen LogP contribution in [0.4, 0.5) is 5.69 Å². The van der Waals surface area contributed by atoms with Gasteiger partial charge in [0.05, 0.1) is 17.8 Å². The highest BCUT2D eigenvalue weighted by atomic mass is 35.5. The predicted octanol–water partition coefficient (Wildman–Crippen LogP) is 3.07. The van der Waals surface area contributed by atoms with Crippen molar-refractivity contribution in [2.24, 2.45) is 0 Å². The number of hydrogen-bond acceptors (Lipinski definition) is 6. The maximum Gasteiger partial charge on any atom is 0.306 e. The van der Waals surface area contributed by atoms with Crippen LogP contribution in [0.2, 0.25) is 5.02 Å². The van der Waals surface area contributed by atoms with E-state index in [1.54, 1.807) is 48.5 Å². The maximum absolute atomic E-state index is 12.2. The molecule has 0 spiro atoms. The van der Waals surface area contributed by atoms with E-state index in [-0.39, 0.29) is 18.6 Å². The average molecular weight is 413 g/mol. The van der Waals surface area contributed by atoms with Crippen molar-refractivity contribution in [3.63, 3.8) is 0 Å². The van der Waals surface area contributed by atoms with E-state index in [9.17, 15) is 14.4 Å². The first kappa shape index (κ1) is 20.2. The van der Waals surface area contributed by atoms with Crippen molar-refractivity contribution in [3.8, 4) is 5.69 Å². The van der Waals surface area contributed by atoms with Gasteiger partial charge in [0.15, 0.2) is 12.4 Å². The van der Waals surface area contributed by atoms with Gasteiger partial charge in [0.2, 0.25) is 0 Å². The molecule has 3 rings (SSSR count). The van der Waals surface area contributed by atoms with Gasteiger partial charge in [-0.3, -0.25) is 14.4 Å². The zero-order chi connectivity index (χ0) is 20.6. The molecule has 9 heteroatoms. The highest BCUT2D eigenvalue weighted by Crippen LogP contribution is 2.23. The average Bonchev–Trinajstić information content (AvgIpc) is 3.26. The quantitative estimate of drug-likeness (QED) is 0.450. The van der Waals surface area contributed by atoms with Crippen LogP contribution in [0.25, 0.3) is 5.69 Å². The third-order valence-corrected chi connectivity index (χ3v) is 4.15. The molecule has 0 atom stereocenters. The lowest BCUT2D eigenvalue weighted by Gasteiger charge is -2.11. The number of esters is 1. The van der Waals surface area contributed by atoms with Crippen LogP contribution in [0.5, 0.6) is 0 Å². The zero-order valence-corrected chi connectivity index (χ0v) is 16.0. The van der Waals surface area contributed by atoms with Crippen LogP contribution < -0.4 is 5.32 Å². The molecular formula is C20H17ClN4O4. The van der Waals surface area contributed by atoms with E-state index in [2.05, 4.69) is 15.4 Å². The highest BCUT2D eigenvalue weighted by Gasteiger charge is 2.14. The third kappa shape index (κ3) is 5.73. The number of amides is 1. The Morgan fingerprint density at radius 1 is 1.07 bits per heavy atom. The molecule has 29 heavy (non-hydrogen) atoms. The lowest BCUT2D eigenvalue weighted by atomic mass is 10.1. The predicted molar refractivity (Wildman–Crippen MR) is 106 cm³/mol. The van der Waals surface area contributed by atoms with E-state index in [1.807, 2.05) is 0 Å². The monoisotopic (exact) mass is 412 g/mol. The van der Waals surface area contributed by atoms with Gasteiger partial charge in [-0.15, -0.1) is 0 Å². The summed E-state index contributed by atoms with van der Waals surface area (Å²) in [6.07, 6.45) is 2.74. The van der Waals surface area contributed by atoms with E-state index in [0.717, 1.165) is 0 Å². The van der Waals surface area contributed by atoms with Crippen molar-refractivity contribution in [1.29, 1.82) is 0 Å². The number of hydrogen-bond donors (Lipinski definition) is 1. The topological polar surface area (TPSA) is 103 Å². The fourth-order valence-electron chi connectivity index (χ4n) is 2.53. The summed E-state index contributed by atoms with van der Waals surface area (Å²) >= 11 is 6.00. The largest absolute Gasteiger partial charge is 0.456 e. The molecule has 0 radical (unpaired) electrons. The molecule has 148 valence electrons. The summed E-state index contributed by atoms with van der Waals surface area (Å²) in [4.78, 5) is 39.9. The fraction of sp³-hybridized carbons (Fsp3) is 0.150. The molecule has 0 saturated heterocycles. The normalized spacial score (nSPS) is 10.4. The summed E-state index contributed by atoms with van der Waals surface area (Å²) < 4.78 is 6.42. The Morgan fingerprint density at radius 3 is 2.59 bits per heavy atom. The van der Waals surface area contributed by atoms with E-state index >= 15 is 0 Å². The number of ketones is 1. The molecule has 0 saturated carbocycles. The van der Waals surface area contributed by atoms with Gasteiger partial charge < -0.3 is 10.1 Å². The first-order valence-electron chi connectivity index (χ1n) is 8.71. The maximum atomic E-state index is 12.2. The summed E-state index contributed by atoms with van der Waals surface area (Å²) in [5.74, 6) is -1.34. The summed E-state index contributed by atoms with van der Waals surface area (Å²) in [5.41, 5.74) is 1.47. The molecule has 1 N–H and O–H groups in total. The van der Waals surface area contributed by atoms with E-state index in [4.69, 9.17) is 16.3 Å². The number of nitrogens with one attached hydrogen (secondary N) is 1. The van der Waals surface area contributed by atoms with Gasteiger partial charge in [0.1, 0.15) is 12.7 Å². The third-order valence-electron chi connectivity index (χ3n) is 3.91. The number of anilines is 1. The molecule has 0 aliphatic heterocycles. The number of carbonyl (C=O) groups is 3. The van der Waals surface area contributed by atoms with Gasteiger partial charge in [-0.25, -0.2) is 9.67 Å². The molecule has 0 unspecified atom stereocenters. The second-order valence-corrected chi connectivity index (χ2v) is 6.44. The van der Waals surface area contributed by atoms with Crippen LogP contribution in [-0.2, 0) is 14.3 Å². The van der Waals surface area contributed by atoms with Crippen molar-refractivity contribution in [2.75, 3.05) is 11.9 Å². The molecule has 1 heterocycles. The Kier molecular flexibility index (Phi) is 6.70. The molecule has 0 aliphatic carbocycles. The number of ether oxygens (including phenoxy) is 1. The number of halogens is 1. The van der Waals surface area contributed by atoms with Crippen molar-refractivity contribution in [1.82, 2.24) is 14.8 Å². The van der Waals surface area contributed by atoms with Crippen LogP contribution in [0.15, 0.2) is 61.2 Å². The van der Waals surface area contributed by atoms with Crippen LogP contribution >= 0.6 is 11.6 Å². The molecule has 0 bridgehead atoms. The Morgan fingerprint density at radius 2 is 1.86 bits per heavy atom. The SMILES string of the molecule is O=C(COC(=O)CCC(=O)c1ccccc1)Nc1cc(Cl)ccc1-n1cncn1. The molecule has 0 aliphatic rings. The number of rotatable bonds is 8. The van der Waals surface area contributed by atoms with Crippen LogP contribution in [0, 0.1) is 0 Å². The van der Waals surface area contributed by atoms with Crippen molar-refractivity contribution < 1.29 is 19.1 Å². The second kappa shape index (κ2) is 9.61. The van der Waals surface area contributed by atoms with Crippen molar-refractivity contribution in [3.05, 3.63) is 71.8 Å². The summed E-state index contributed by atoms with van der Waals surface area (Å²) in [6, 6.07) is 13.5. The van der Waals surface area contributed by atoms with Crippen molar-refractivity contribution in [2.45, 2.75) is 12.8 Å². The molecule has 2 aromatic carbocycles. The molecular weight excluding hydrogens is 396 g/mol. The Labute approximate surface area is 171 Å². The highest BCUT2D eigenvalue weighted by molar-refractivity contribution is 6.31. The van der Waals surface area contributed by atoms with Gasteiger partial charge in [-0.2, -0.15) is 5.10 Å². The molecule has 3 aromatic rings. The minimum Gasteiger partial charge on any atom is -0.456 e. The Hall–Kier alpha value is -3.52. The lowest BCUT2D eigenvalue weighted by Crippen LogP contribution is -2.22. The van der Waals surface area contributed by atoms with Crippen LogP contribution in [-0.4, -0.2) is 39.0 Å². The number of carbonyl (C=O) groups excluding carboxylic acids is 3. The number of Topliss-reactive ketones (excluding diaryl/α,β-unsaturated/α-hetero) is 1. The summed E-state index contributed by atoms with van der Waals surface area (Å²) in [5, 5.41) is 7.06.